The highest BCUT2D eigenvalue weighted by molar-refractivity contribution is 5.92. The molecule has 0 spiro atoms. The van der Waals surface area contributed by atoms with Gasteiger partial charge in [-0.15, -0.1) is 0 Å². The van der Waals surface area contributed by atoms with E-state index in [-0.39, 0.29) is 18.0 Å². The Balaban J connectivity index is 1.77. The number of nitrogens with zero attached hydrogens (tertiary/aromatic N) is 5. The highest BCUT2D eigenvalue weighted by Crippen LogP contribution is 2.40. The lowest BCUT2D eigenvalue weighted by Gasteiger charge is -2.17. The summed E-state index contributed by atoms with van der Waals surface area (Å²) < 4.78 is 3.63. The molecule has 0 saturated heterocycles. The quantitative estimate of drug-likeness (QED) is 0.884. The van der Waals surface area contributed by atoms with Gasteiger partial charge < -0.3 is 5.32 Å². The van der Waals surface area contributed by atoms with E-state index in [1.807, 2.05) is 31.6 Å². The molecule has 3 rings (SSSR count). The van der Waals surface area contributed by atoms with Crippen LogP contribution in [0.2, 0.25) is 0 Å². The number of aromatic nitrogens is 5. The van der Waals surface area contributed by atoms with E-state index in [1.54, 1.807) is 17.1 Å². The molecule has 1 N–H and O–H groups in total. The van der Waals surface area contributed by atoms with Crippen molar-refractivity contribution in [2.75, 3.05) is 0 Å². The lowest BCUT2D eigenvalue weighted by Crippen LogP contribution is -2.32. The molecule has 1 aliphatic carbocycles. The van der Waals surface area contributed by atoms with Crippen molar-refractivity contribution in [1.29, 1.82) is 0 Å². The minimum absolute atomic E-state index is 0.0841. The molecule has 1 amide bonds. The van der Waals surface area contributed by atoms with Crippen LogP contribution < -0.4 is 5.32 Å². The highest BCUT2D eigenvalue weighted by atomic mass is 16.2. The zero-order chi connectivity index (χ0) is 15.7. The van der Waals surface area contributed by atoms with Gasteiger partial charge >= 0.3 is 0 Å². The third kappa shape index (κ3) is 2.88. The van der Waals surface area contributed by atoms with Gasteiger partial charge in [0.1, 0.15) is 17.8 Å². The molecule has 2 heterocycles. The predicted octanol–water partition coefficient (Wildman–Crippen LogP) is 1.96. The van der Waals surface area contributed by atoms with E-state index in [4.69, 9.17) is 0 Å². The fraction of sp³-hybridized carbons (Fsp3) is 0.600. The van der Waals surface area contributed by atoms with E-state index in [2.05, 4.69) is 20.5 Å². The molecule has 0 aliphatic heterocycles. The summed E-state index contributed by atoms with van der Waals surface area (Å²) in [6, 6.07) is 1.91. The highest BCUT2D eigenvalue weighted by Gasteiger charge is 2.36. The summed E-state index contributed by atoms with van der Waals surface area (Å²) in [7, 11) is 0. The lowest BCUT2D eigenvalue weighted by molar-refractivity contribution is 0.0922. The van der Waals surface area contributed by atoms with Crippen LogP contribution in [0, 0.1) is 5.92 Å². The van der Waals surface area contributed by atoms with Crippen LogP contribution in [0.5, 0.6) is 0 Å². The molecule has 7 heteroatoms. The van der Waals surface area contributed by atoms with Crippen LogP contribution in [0.1, 0.15) is 62.0 Å². The second-order valence-corrected chi connectivity index (χ2v) is 6.00. The van der Waals surface area contributed by atoms with Crippen molar-refractivity contribution in [3.63, 3.8) is 0 Å². The van der Waals surface area contributed by atoms with Crippen molar-refractivity contribution in [3.8, 4) is 0 Å². The van der Waals surface area contributed by atoms with Gasteiger partial charge in [0.25, 0.3) is 5.91 Å². The number of nitrogens with one attached hydrogen (secondary N) is 1. The van der Waals surface area contributed by atoms with Crippen molar-refractivity contribution in [3.05, 3.63) is 30.1 Å². The number of hydrogen-bond donors (Lipinski definition) is 1. The minimum atomic E-state index is -0.151. The number of rotatable bonds is 6. The number of carbonyl (C=O) groups is 1. The Hall–Kier alpha value is -2.18. The van der Waals surface area contributed by atoms with E-state index in [0.717, 1.165) is 25.2 Å². The van der Waals surface area contributed by atoms with Gasteiger partial charge in [-0.05, 0) is 45.6 Å². The van der Waals surface area contributed by atoms with Crippen molar-refractivity contribution >= 4 is 5.91 Å². The Morgan fingerprint density at radius 2 is 2.23 bits per heavy atom. The summed E-state index contributed by atoms with van der Waals surface area (Å²) in [5.74, 6) is 1.13. The summed E-state index contributed by atoms with van der Waals surface area (Å²) in [6.45, 7) is 6.83. The van der Waals surface area contributed by atoms with Crippen LogP contribution in [0.25, 0.3) is 0 Å². The summed E-state index contributed by atoms with van der Waals surface area (Å²) in [5.41, 5.74) is 0.446. The largest absolute Gasteiger partial charge is 0.340 e. The minimum Gasteiger partial charge on any atom is -0.340 e. The molecule has 1 saturated carbocycles. The zero-order valence-corrected chi connectivity index (χ0v) is 13.2. The number of carbonyl (C=O) groups excluding carboxylic acids is 1. The summed E-state index contributed by atoms with van der Waals surface area (Å²) in [4.78, 5) is 16.8. The predicted molar refractivity (Wildman–Crippen MR) is 81.2 cm³/mol. The molecule has 0 bridgehead atoms. The van der Waals surface area contributed by atoms with Gasteiger partial charge in [0.2, 0.25) is 0 Å². The van der Waals surface area contributed by atoms with Crippen molar-refractivity contribution in [2.45, 2.75) is 52.2 Å². The van der Waals surface area contributed by atoms with Gasteiger partial charge in [-0.3, -0.25) is 9.48 Å². The molecule has 1 aliphatic rings. The summed E-state index contributed by atoms with van der Waals surface area (Å²) >= 11 is 0. The third-order valence-electron chi connectivity index (χ3n) is 3.97. The molecule has 2 aromatic rings. The average molecular weight is 302 g/mol. The average Bonchev–Trinajstić information content (AvgIpc) is 3.04. The van der Waals surface area contributed by atoms with E-state index < -0.39 is 0 Å². The van der Waals surface area contributed by atoms with E-state index in [9.17, 15) is 4.79 Å². The summed E-state index contributed by atoms with van der Waals surface area (Å²) in [6.07, 6.45) is 5.61. The molecule has 0 radical (unpaired) electrons. The van der Waals surface area contributed by atoms with Crippen LogP contribution in [0.15, 0.2) is 18.6 Å². The van der Waals surface area contributed by atoms with Gasteiger partial charge in [0, 0.05) is 18.8 Å². The Morgan fingerprint density at radius 1 is 1.45 bits per heavy atom. The normalized spacial score (nSPS) is 16.0. The Kier molecular flexibility index (Phi) is 3.96. The van der Waals surface area contributed by atoms with E-state index >= 15 is 0 Å². The molecule has 1 atom stereocenters. The van der Waals surface area contributed by atoms with Crippen molar-refractivity contribution in [1.82, 2.24) is 29.9 Å². The molecule has 7 nitrogen and oxygen atoms in total. The molecule has 1 unspecified atom stereocenters. The fourth-order valence-electron chi connectivity index (χ4n) is 2.54. The van der Waals surface area contributed by atoms with Gasteiger partial charge in [0.05, 0.1) is 6.04 Å². The fourth-order valence-corrected chi connectivity index (χ4v) is 2.54. The van der Waals surface area contributed by atoms with Gasteiger partial charge in [0.15, 0.2) is 0 Å². The van der Waals surface area contributed by atoms with E-state index in [0.29, 0.717) is 11.6 Å². The number of aryl methyl sites for hydroxylation is 1. The molecule has 2 aromatic heterocycles. The number of amides is 1. The van der Waals surface area contributed by atoms with Crippen molar-refractivity contribution in [2.24, 2.45) is 5.92 Å². The van der Waals surface area contributed by atoms with E-state index in [1.165, 1.54) is 0 Å². The Morgan fingerprint density at radius 3 is 2.82 bits per heavy atom. The Labute approximate surface area is 129 Å². The first-order valence-corrected chi connectivity index (χ1v) is 7.83. The standard InChI is InChI=1S/C15H22N6O/c1-4-20-14(16-9-17-20)13(11-5-6-11)18-15(22)12-7-8-21(19-12)10(2)3/h7-11,13H,4-6H2,1-3H3,(H,18,22). The first kappa shape index (κ1) is 14.7. The topological polar surface area (TPSA) is 77.6 Å². The van der Waals surface area contributed by atoms with Crippen LogP contribution in [0.3, 0.4) is 0 Å². The van der Waals surface area contributed by atoms with Crippen LogP contribution in [0.4, 0.5) is 0 Å². The summed E-state index contributed by atoms with van der Waals surface area (Å²) in [5, 5.41) is 11.6. The second-order valence-electron chi connectivity index (χ2n) is 6.00. The Bertz CT molecular complexity index is 655. The van der Waals surface area contributed by atoms with Crippen LogP contribution in [-0.2, 0) is 6.54 Å². The molecular formula is C15H22N6O. The van der Waals surface area contributed by atoms with Gasteiger partial charge in [-0.2, -0.15) is 10.2 Å². The SMILES string of the molecule is CCn1ncnc1C(NC(=O)c1ccn(C(C)C)n1)C1CC1. The second kappa shape index (κ2) is 5.90. The maximum atomic E-state index is 12.5. The molecule has 118 valence electrons. The molecule has 1 fully saturated rings. The maximum absolute atomic E-state index is 12.5. The van der Waals surface area contributed by atoms with Crippen LogP contribution >= 0.6 is 0 Å². The van der Waals surface area contributed by atoms with Crippen molar-refractivity contribution < 1.29 is 4.79 Å². The first-order valence-electron chi connectivity index (χ1n) is 7.83. The lowest BCUT2D eigenvalue weighted by atomic mass is 10.1. The monoisotopic (exact) mass is 302 g/mol. The molecule has 22 heavy (non-hydrogen) atoms. The number of hydrogen-bond acceptors (Lipinski definition) is 4. The smallest absolute Gasteiger partial charge is 0.272 e. The van der Waals surface area contributed by atoms with Gasteiger partial charge in [-0.25, -0.2) is 9.67 Å². The van der Waals surface area contributed by atoms with Gasteiger partial charge in [-0.1, -0.05) is 0 Å². The van der Waals surface area contributed by atoms with Crippen LogP contribution in [-0.4, -0.2) is 30.5 Å². The maximum Gasteiger partial charge on any atom is 0.272 e. The molecule has 0 aromatic carbocycles. The molecular weight excluding hydrogens is 280 g/mol. The first-order chi connectivity index (χ1) is 10.6. The zero-order valence-electron chi connectivity index (χ0n) is 13.2. The third-order valence-corrected chi connectivity index (χ3v) is 3.97.